The van der Waals surface area contributed by atoms with Gasteiger partial charge >= 0.3 is 0 Å². The van der Waals surface area contributed by atoms with Crippen molar-refractivity contribution in [3.05, 3.63) is 76.5 Å². The van der Waals surface area contributed by atoms with Crippen LogP contribution in [0, 0.1) is 0 Å². The van der Waals surface area contributed by atoms with E-state index < -0.39 is 0 Å². The molecule has 0 radical (unpaired) electrons. The number of likely N-dealkylation sites (tertiary alicyclic amines) is 1. The summed E-state index contributed by atoms with van der Waals surface area (Å²) in [4.78, 5) is 14.2. The third kappa shape index (κ3) is 2.81. The van der Waals surface area contributed by atoms with E-state index in [1.54, 1.807) is 11.3 Å². The summed E-state index contributed by atoms with van der Waals surface area (Å²) < 4.78 is 0. The van der Waals surface area contributed by atoms with Gasteiger partial charge in [-0.05, 0) is 59.1 Å². The van der Waals surface area contributed by atoms with Gasteiger partial charge in [-0.3, -0.25) is 14.9 Å². The number of hydrogen-bond donors (Lipinski definition) is 0. The fraction of sp³-hybridized carbons (Fsp3) is 0.333. The van der Waals surface area contributed by atoms with Crippen LogP contribution in [0.2, 0.25) is 0 Å². The summed E-state index contributed by atoms with van der Waals surface area (Å²) >= 11 is 1.78. The van der Waals surface area contributed by atoms with E-state index in [1.807, 2.05) is 24.7 Å². The summed E-state index contributed by atoms with van der Waals surface area (Å²) in [5.41, 5.74) is 5.44. The van der Waals surface area contributed by atoms with Crippen molar-refractivity contribution in [3.8, 4) is 0 Å². The first-order valence-corrected chi connectivity index (χ1v) is 10.1. The predicted octanol–water partition coefficient (Wildman–Crippen LogP) is 3.70. The van der Waals surface area contributed by atoms with E-state index in [0.717, 1.165) is 32.7 Å². The zero-order valence-corrected chi connectivity index (χ0v) is 15.5. The van der Waals surface area contributed by atoms with E-state index in [-0.39, 0.29) is 5.41 Å². The van der Waals surface area contributed by atoms with E-state index in [1.165, 1.54) is 28.9 Å². The summed E-state index contributed by atoms with van der Waals surface area (Å²) in [5, 5.41) is 4.43. The van der Waals surface area contributed by atoms with Crippen LogP contribution in [0.25, 0.3) is 0 Å². The molecule has 1 spiro atoms. The second kappa shape index (κ2) is 6.49. The maximum absolute atomic E-state index is 4.84. The quantitative estimate of drug-likeness (QED) is 0.708. The molecule has 5 rings (SSSR count). The molecule has 1 saturated heterocycles. The van der Waals surface area contributed by atoms with E-state index in [4.69, 9.17) is 4.98 Å². The molecule has 3 aromatic heterocycles. The highest BCUT2D eigenvalue weighted by molar-refractivity contribution is 7.07. The summed E-state index contributed by atoms with van der Waals surface area (Å²) in [6.45, 7) is 5.24. The molecule has 0 aliphatic carbocycles. The van der Waals surface area contributed by atoms with Crippen LogP contribution in [-0.4, -0.2) is 34.5 Å². The van der Waals surface area contributed by atoms with Gasteiger partial charge in [-0.25, -0.2) is 0 Å². The molecular weight excluding hydrogens is 340 g/mol. The monoisotopic (exact) mass is 362 g/mol. The van der Waals surface area contributed by atoms with Crippen LogP contribution in [0.1, 0.15) is 23.2 Å². The molecular formula is C21H22N4S. The van der Waals surface area contributed by atoms with Crippen LogP contribution in [0.5, 0.6) is 0 Å². The van der Waals surface area contributed by atoms with E-state index >= 15 is 0 Å². The van der Waals surface area contributed by atoms with Crippen LogP contribution in [-0.2, 0) is 18.5 Å². The Bertz CT molecular complexity index is 880. The first kappa shape index (κ1) is 16.0. The second-order valence-electron chi connectivity index (χ2n) is 7.46. The van der Waals surface area contributed by atoms with Crippen LogP contribution < -0.4 is 4.90 Å². The van der Waals surface area contributed by atoms with Gasteiger partial charge in [0.05, 0.1) is 11.4 Å². The highest BCUT2D eigenvalue weighted by Gasteiger charge is 2.48. The zero-order valence-electron chi connectivity index (χ0n) is 14.7. The van der Waals surface area contributed by atoms with Crippen molar-refractivity contribution < 1.29 is 0 Å². The first-order chi connectivity index (χ1) is 12.8. The van der Waals surface area contributed by atoms with Crippen LogP contribution in [0.15, 0.2) is 59.7 Å². The molecule has 0 saturated carbocycles. The Morgan fingerprint density at radius 3 is 2.85 bits per heavy atom. The third-order valence-corrected chi connectivity index (χ3v) is 6.37. The molecule has 0 N–H and O–H groups in total. The number of fused-ring (bicyclic) bond motifs is 2. The SMILES string of the molecule is c1cncc(CN2C[C@]3(CCN(Cc4ccsc4)C3)c3ncccc32)c1. The van der Waals surface area contributed by atoms with E-state index in [0.29, 0.717) is 0 Å². The maximum atomic E-state index is 4.84. The van der Waals surface area contributed by atoms with Crippen LogP contribution in [0.3, 0.4) is 0 Å². The number of anilines is 1. The Balaban J connectivity index is 1.40. The van der Waals surface area contributed by atoms with Gasteiger partial charge in [-0.15, -0.1) is 0 Å². The van der Waals surface area contributed by atoms with Gasteiger partial charge in [0, 0.05) is 50.2 Å². The standard InChI is InChI=1S/C21H22N4S/c1-3-17(11-22-7-1)13-25-16-21(20-19(25)4-2-8-23-20)6-9-24(15-21)12-18-5-10-26-14-18/h1-5,7-8,10-11,14H,6,9,12-13,15-16H2/t21-/m1/s1. The third-order valence-electron chi connectivity index (χ3n) is 5.64. The van der Waals surface area contributed by atoms with Gasteiger partial charge in [0.25, 0.3) is 0 Å². The molecule has 5 heteroatoms. The Hall–Kier alpha value is -2.24. The molecule has 1 fully saturated rings. The Morgan fingerprint density at radius 2 is 2.00 bits per heavy atom. The molecule has 3 aromatic rings. The summed E-state index contributed by atoms with van der Waals surface area (Å²) in [6, 6.07) is 10.7. The minimum Gasteiger partial charge on any atom is -0.365 e. The van der Waals surface area contributed by atoms with Crippen LogP contribution in [0.4, 0.5) is 5.69 Å². The minimum absolute atomic E-state index is 0.162. The fourth-order valence-electron chi connectivity index (χ4n) is 4.50. The van der Waals surface area contributed by atoms with Crippen molar-refractivity contribution in [1.82, 2.24) is 14.9 Å². The predicted molar refractivity (Wildman–Crippen MR) is 105 cm³/mol. The van der Waals surface area contributed by atoms with Crippen molar-refractivity contribution in [1.29, 1.82) is 0 Å². The summed E-state index contributed by atoms with van der Waals surface area (Å²) in [7, 11) is 0. The molecule has 5 heterocycles. The van der Waals surface area contributed by atoms with Crippen molar-refractivity contribution >= 4 is 17.0 Å². The topological polar surface area (TPSA) is 32.3 Å². The molecule has 26 heavy (non-hydrogen) atoms. The van der Waals surface area contributed by atoms with Gasteiger partial charge in [0.2, 0.25) is 0 Å². The molecule has 4 nitrogen and oxygen atoms in total. The first-order valence-electron chi connectivity index (χ1n) is 9.15. The Labute approximate surface area is 158 Å². The van der Waals surface area contributed by atoms with Gasteiger partial charge in [0.1, 0.15) is 0 Å². The highest BCUT2D eigenvalue weighted by Crippen LogP contribution is 2.45. The van der Waals surface area contributed by atoms with Crippen molar-refractivity contribution in [2.45, 2.75) is 24.9 Å². The summed E-state index contributed by atoms with van der Waals surface area (Å²) in [6.07, 6.45) is 6.95. The van der Waals surface area contributed by atoms with Gasteiger partial charge < -0.3 is 4.90 Å². The lowest BCUT2D eigenvalue weighted by molar-refractivity contribution is 0.305. The normalized spacial score (nSPS) is 22.2. The zero-order chi connectivity index (χ0) is 17.4. The maximum Gasteiger partial charge on any atom is 0.0729 e. The van der Waals surface area contributed by atoms with E-state index in [9.17, 15) is 0 Å². The number of aromatic nitrogens is 2. The molecule has 2 aliphatic heterocycles. The molecule has 0 amide bonds. The Morgan fingerprint density at radius 1 is 1.04 bits per heavy atom. The lowest BCUT2D eigenvalue weighted by Crippen LogP contribution is -2.36. The molecule has 0 unspecified atom stereocenters. The van der Waals surface area contributed by atoms with Gasteiger partial charge in [0.15, 0.2) is 0 Å². The van der Waals surface area contributed by atoms with Crippen molar-refractivity contribution in [3.63, 3.8) is 0 Å². The number of nitrogens with zero attached hydrogens (tertiary/aromatic N) is 4. The van der Waals surface area contributed by atoms with Gasteiger partial charge in [-0.2, -0.15) is 11.3 Å². The number of rotatable bonds is 4. The second-order valence-corrected chi connectivity index (χ2v) is 8.24. The smallest absolute Gasteiger partial charge is 0.0729 e. The molecule has 2 aliphatic rings. The molecule has 1 atom stereocenters. The number of thiophene rings is 1. The van der Waals surface area contributed by atoms with Crippen molar-refractivity contribution in [2.24, 2.45) is 0 Å². The molecule has 0 bridgehead atoms. The number of pyridine rings is 2. The Kier molecular flexibility index (Phi) is 3.98. The molecule has 132 valence electrons. The lowest BCUT2D eigenvalue weighted by atomic mass is 9.85. The largest absolute Gasteiger partial charge is 0.365 e. The minimum atomic E-state index is 0.162. The van der Waals surface area contributed by atoms with Gasteiger partial charge in [-0.1, -0.05) is 6.07 Å². The fourth-order valence-corrected chi connectivity index (χ4v) is 5.16. The van der Waals surface area contributed by atoms with E-state index in [2.05, 4.69) is 49.8 Å². The van der Waals surface area contributed by atoms with Crippen molar-refractivity contribution in [2.75, 3.05) is 24.5 Å². The number of hydrogen-bond acceptors (Lipinski definition) is 5. The van der Waals surface area contributed by atoms with Crippen LogP contribution >= 0.6 is 11.3 Å². The summed E-state index contributed by atoms with van der Waals surface area (Å²) in [5.74, 6) is 0. The average molecular weight is 363 g/mol. The highest BCUT2D eigenvalue weighted by atomic mass is 32.1. The average Bonchev–Trinajstić information content (AvgIpc) is 3.39. The molecule has 0 aromatic carbocycles. The lowest BCUT2D eigenvalue weighted by Gasteiger charge is -2.26.